The summed E-state index contributed by atoms with van der Waals surface area (Å²) in [5.74, 6) is 0. The number of carbonyl (C=O) groups excluding carboxylic acids is 1. The van der Waals surface area contributed by atoms with Crippen LogP contribution in [0.15, 0.2) is 29.4 Å². The molecule has 0 aromatic heterocycles. The monoisotopic (exact) mass is 405 g/mol. The van der Waals surface area contributed by atoms with Crippen molar-refractivity contribution in [2.45, 2.75) is 77.4 Å². The molecule has 0 aliphatic carbocycles. The minimum Gasteiger partial charge on any atom is -0.449 e. The second-order valence-electron chi connectivity index (χ2n) is 7.16. The van der Waals surface area contributed by atoms with E-state index in [1.807, 2.05) is 0 Å². The topological polar surface area (TPSA) is 94.3 Å². The number of carbonyl (C=O) groups is 1. The summed E-state index contributed by atoms with van der Waals surface area (Å²) in [5, 5.41) is 16.4. The van der Waals surface area contributed by atoms with Gasteiger partial charge in [0.05, 0.1) is 17.2 Å². The van der Waals surface area contributed by atoms with Gasteiger partial charge in [-0.2, -0.15) is 0 Å². The number of unbranched alkanes of at least 4 members (excludes halogenated alkanes) is 9. The fourth-order valence-corrected chi connectivity index (χ4v) is 3.17. The molecule has 1 aliphatic rings. The Morgan fingerprint density at radius 3 is 2.41 bits per heavy atom. The molecule has 1 atom stereocenters. The Kier molecular flexibility index (Phi) is 9.95. The van der Waals surface area contributed by atoms with E-state index in [2.05, 4.69) is 12.0 Å². The number of nitro groups is 1. The highest BCUT2D eigenvalue weighted by atomic mass is 16.7. The number of hydrogen-bond donors (Lipinski definition) is 0. The van der Waals surface area contributed by atoms with Crippen LogP contribution in [0.3, 0.4) is 0 Å². The summed E-state index contributed by atoms with van der Waals surface area (Å²) in [4.78, 5) is 21.7. The minimum atomic E-state index is -0.986. The molecule has 1 aromatic carbocycles. The smallest absolute Gasteiger partial charge is 0.408 e. The van der Waals surface area contributed by atoms with E-state index in [0.29, 0.717) is 18.6 Å². The third-order valence-electron chi connectivity index (χ3n) is 4.80. The summed E-state index contributed by atoms with van der Waals surface area (Å²) in [6, 6.07) is 5.88. The van der Waals surface area contributed by atoms with Gasteiger partial charge < -0.3 is 9.47 Å². The number of hydrogen-bond acceptors (Lipinski definition) is 7. The molecule has 1 heterocycles. The molecule has 8 nitrogen and oxygen atoms in total. The number of nitrogens with zero attached hydrogens (tertiary/aromatic N) is 3. The Balaban J connectivity index is 1.68. The first-order valence-electron chi connectivity index (χ1n) is 10.5. The zero-order chi connectivity index (χ0) is 20.9. The van der Waals surface area contributed by atoms with Crippen LogP contribution >= 0.6 is 0 Å². The molecular formula is C21H31N3O5. The van der Waals surface area contributed by atoms with Gasteiger partial charge in [0.25, 0.3) is 11.9 Å². The maximum Gasteiger partial charge on any atom is 0.408 e. The standard InChI is InChI=1S/C21H31N3O5/c1-2-3-4-5-6-7-8-9-10-11-15-28-21-22-23(20(17-25)29-21)18-13-12-14-19(16-18)24(26)27/h12-14,16-17,20H,2-11,15H2,1H3. The van der Waals surface area contributed by atoms with Crippen LogP contribution in [0.2, 0.25) is 0 Å². The largest absolute Gasteiger partial charge is 0.449 e. The van der Waals surface area contributed by atoms with E-state index >= 15 is 0 Å². The van der Waals surface area contributed by atoms with E-state index in [9.17, 15) is 14.9 Å². The van der Waals surface area contributed by atoms with Gasteiger partial charge in [0.2, 0.25) is 0 Å². The normalized spacial score (nSPS) is 15.7. The summed E-state index contributed by atoms with van der Waals surface area (Å²) in [7, 11) is 0. The summed E-state index contributed by atoms with van der Waals surface area (Å²) in [6.07, 6.45) is 11.9. The van der Waals surface area contributed by atoms with Gasteiger partial charge in [-0.05, 0) is 12.5 Å². The number of benzene rings is 1. The first kappa shape index (κ1) is 22.6. The molecule has 0 amide bonds. The predicted molar refractivity (Wildman–Crippen MR) is 112 cm³/mol. The lowest BCUT2D eigenvalue weighted by Gasteiger charge is -2.16. The summed E-state index contributed by atoms with van der Waals surface area (Å²) < 4.78 is 10.9. The fraction of sp³-hybridized carbons (Fsp3) is 0.619. The summed E-state index contributed by atoms with van der Waals surface area (Å²) in [5.41, 5.74) is 0.316. The molecule has 2 rings (SSSR count). The minimum absolute atomic E-state index is 0.0181. The van der Waals surface area contributed by atoms with Crippen molar-refractivity contribution in [3.05, 3.63) is 34.4 Å². The Bertz CT molecular complexity index is 680. The molecule has 0 N–H and O–H groups in total. The Labute approximate surface area is 172 Å². The number of rotatable bonds is 14. The lowest BCUT2D eigenvalue weighted by atomic mass is 10.1. The summed E-state index contributed by atoms with van der Waals surface area (Å²) in [6.45, 7) is 2.69. The van der Waals surface area contributed by atoms with Gasteiger partial charge in [-0.25, -0.2) is 5.01 Å². The maximum atomic E-state index is 11.3. The van der Waals surface area contributed by atoms with Crippen molar-refractivity contribution in [3.8, 4) is 0 Å². The van der Waals surface area contributed by atoms with E-state index in [-0.39, 0.29) is 11.8 Å². The third-order valence-corrected chi connectivity index (χ3v) is 4.80. The van der Waals surface area contributed by atoms with Crippen molar-refractivity contribution in [3.63, 3.8) is 0 Å². The molecule has 0 spiro atoms. The quantitative estimate of drug-likeness (QED) is 0.183. The zero-order valence-electron chi connectivity index (χ0n) is 17.1. The van der Waals surface area contributed by atoms with Gasteiger partial charge in [0.1, 0.15) is 0 Å². The van der Waals surface area contributed by atoms with Gasteiger partial charge in [-0.3, -0.25) is 14.9 Å². The molecule has 1 aliphatic heterocycles. The highest BCUT2D eigenvalue weighted by Crippen LogP contribution is 2.26. The first-order chi connectivity index (χ1) is 14.2. The number of anilines is 1. The van der Waals surface area contributed by atoms with Crippen LogP contribution in [-0.2, 0) is 14.3 Å². The van der Waals surface area contributed by atoms with Crippen molar-refractivity contribution in [1.29, 1.82) is 0 Å². The van der Waals surface area contributed by atoms with Crippen molar-refractivity contribution < 1.29 is 19.2 Å². The van der Waals surface area contributed by atoms with Gasteiger partial charge in [0.15, 0.2) is 6.29 Å². The molecule has 160 valence electrons. The van der Waals surface area contributed by atoms with Crippen molar-refractivity contribution >= 4 is 23.7 Å². The van der Waals surface area contributed by atoms with Crippen molar-refractivity contribution in [2.24, 2.45) is 5.10 Å². The highest BCUT2D eigenvalue weighted by molar-refractivity contribution is 5.78. The third kappa shape index (κ3) is 7.71. The van der Waals surface area contributed by atoms with Gasteiger partial charge in [0, 0.05) is 12.1 Å². The lowest BCUT2D eigenvalue weighted by molar-refractivity contribution is -0.384. The number of ether oxygens (including phenoxy) is 2. The SMILES string of the molecule is CCCCCCCCCCCCOC1=NN(c2cccc([N+](=O)[O-])c2)C(C=O)O1. The van der Waals surface area contributed by atoms with Crippen LogP contribution in [0.5, 0.6) is 0 Å². The van der Waals surface area contributed by atoms with E-state index in [1.54, 1.807) is 6.07 Å². The maximum absolute atomic E-state index is 11.3. The molecule has 0 saturated carbocycles. The van der Waals surface area contributed by atoms with Crippen LogP contribution < -0.4 is 5.01 Å². The van der Waals surface area contributed by atoms with Crippen molar-refractivity contribution in [2.75, 3.05) is 11.6 Å². The summed E-state index contributed by atoms with van der Waals surface area (Å²) >= 11 is 0. The van der Waals surface area contributed by atoms with Crippen LogP contribution in [-0.4, -0.2) is 30.1 Å². The average molecular weight is 405 g/mol. The van der Waals surface area contributed by atoms with Gasteiger partial charge >= 0.3 is 6.08 Å². The fourth-order valence-electron chi connectivity index (χ4n) is 3.17. The van der Waals surface area contributed by atoms with Crippen LogP contribution in [0.25, 0.3) is 0 Å². The van der Waals surface area contributed by atoms with E-state index in [0.717, 1.165) is 12.8 Å². The molecule has 1 aromatic rings. The number of aldehydes is 1. The second kappa shape index (κ2) is 12.7. The van der Waals surface area contributed by atoms with Gasteiger partial charge in [-0.15, -0.1) is 0 Å². The van der Waals surface area contributed by atoms with Crippen LogP contribution in [0.1, 0.15) is 71.1 Å². The molecule has 0 radical (unpaired) electrons. The van der Waals surface area contributed by atoms with E-state index in [4.69, 9.17) is 9.47 Å². The first-order valence-corrected chi connectivity index (χ1v) is 10.5. The zero-order valence-corrected chi connectivity index (χ0v) is 17.1. The molecular weight excluding hydrogens is 374 g/mol. The predicted octanol–water partition coefficient (Wildman–Crippen LogP) is 5.16. The Hall–Kier alpha value is -2.64. The highest BCUT2D eigenvalue weighted by Gasteiger charge is 2.30. The Morgan fingerprint density at radius 1 is 1.14 bits per heavy atom. The average Bonchev–Trinajstić information content (AvgIpc) is 3.15. The number of non-ortho nitro benzene ring substituents is 1. The molecule has 1 unspecified atom stereocenters. The van der Waals surface area contributed by atoms with E-state index in [1.165, 1.54) is 74.6 Å². The van der Waals surface area contributed by atoms with Crippen LogP contribution in [0, 0.1) is 10.1 Å². The number of nitro benzene ring substituents is 1. The molecule has 8 heteroatoms. The second-order valence-corrected chi connectivity index (χ2v) is 7.16. The number of hydrazone groups is 1. The molecule has 0 saturated heterocycles. The van der Waals surface area contributed by atoms with Crippen LogP contribution in [0.4, 0.5) is 11.4 Å². The van der Waals surface area contributed by atoms with Gasteiger partial charge in [-0.1, -0.05) is 75.9 Å². The lowest BCUT2D eigenvalue weighted by Crippen LogP contribution is -2.29. The van der Waals surface area contributed by atoms with Crippen molar-refractivity contribution in [1.82, 2.24) is 0 Å². The molecule has 29 heavy (non-hydrogen) atoms. The van der Waals surface area contributed by atoms with E-state index < -0.39 is 11.2 Å². The Morgan fingerprint density at radius 2 is 1.79 bits per heavy atom. The molecule has 0 bridgehead atoms. The molecule has 0 fully saturated rings.